The highest BCUT2D eigenvalue weighted by Crippen LogP contribution is 2.36. The van der Waals surface area contributed by atoms with Gasteiger partial charge in [0.05, 0.1) is 25.8 Å². The number of carbonyl (C=O) groups is 3. The molecule has 2 N–H and O–H groups in total. The summed E-state index contributed by atoms with van der Waals surface area (Å²) in [5.41, 5.74) is 1.70. The molecule has 1 fully saturated rings. The predicted octanol–water partition coefficient (Wildman–Crippen LogP) is 2.65. The van der Waals surface area contributed by atoms with E-state index in [1.165, 1.54) is 14.0 Å². The SMILES string of the molecule is COc1ccc(OC)c(N2CC(C(=O)Nc3cccc(NC(C)=O)c3)CC2=O)c1. The van der Waals surface area contributed by atoms with E-state index in [0.717, 1.165) is 0 Å². The molecule has 0 spiro atoms. The molecule has 1 heterocycles. The Labute approximate surface area is 168 Å². The lowest BCUT2D eigenvalue weighted by Crippen LogP contribution is -2.28. The van der Waals surface area contributed by atoms with Gasteiger partial charge in [0.25, 0.3) is 0 Å². The standard InChI is InChI=1S/C21H23N3O5/c1-13(25)22-15-5-4-6-16(10-15)23-21(27)14-9-20(26)24(12-14)18-11-17(28-2)7-8-19(18)29-3/h4-8,10-11,14H,9,12H2,1-3H3,(H,22,25)(H,23,27). The number of carbonyl (C=O) groups excluding carboxylic acids is 3. The summed E-state index contributed by atoms with van der Waals surface area (Å²) in [6.07, 6.45) is 0.0948. The molecule has 8 nitrogen and oxygen atoms in total. The minimum Gasteiger partial charge on any atom is -0.497 e. The summed E-state index contributed by atoms with van der Waals surface area (Å²) in [5, 5.41) is 5.48. The van der Waals surface area contributed by atoms with Gasteiger partial charge in [0, 0.05) is 37.3 Å². The number of anilines is 3. The Kier molecular flexibility index (Phi) is 6.01. The van der Waals surface area contributed by atoms with E-state index in [4.69, 9.17) is 9.47 Å². The Morgan fingerprint density at radius 3 is 2.41 bits per heavy atom. The largest absolute Gasteiger partial charge is 0.497 e. The zero-order valence-electron chi connectivity index (χ0n) is 16.5. The molecule has 0 bridgehead atoms. The van der Waals surface area contributed by atoms with Crippen molar-refractivity contribution in [3.05, 3.63) is 42.5 Å². The Morgan fingerprint density at radius 1 is 1.03 bits per heavy atom. The smallest absolute Gasteiger partial charge is 0.229 e. The van der Waals surface area contributed by atoms with Crippen LogP contribution < -0.4 is 25.0 Å². The minimum atomic E-state index is -0.511. The van der Waals surface area contributed by atoms with Crippen molar-refractivity contribution < 1.29 is 23.9 Å². The van der Waals surface area contributed by atoms with Crippen LogP contribution in [0.2, 0.25) is 0 Å². The van der Waals surface area contributed by atoms with Gasteiger partial charge in [-0.25, -0.2) is 0 Å². The summed E-state index contributed by atoms with van der Waals surface area (Å²) in [7, 11) is 3.07. The lowest BCUT2D eigenvalue weighted by Gasteiger charge is -2.20. The molecule has 152 valence electrons. The van der Waals surface area contributed by atoms with Crippen LogP contribution >= 0.6 is 0 Å². The van der Waals surface area contributed by atoms with Crippen molar-refractivity contribution in [1.29, 1.82) is 0 Å². The van der Waals surface area contributed by atoms with Crippen molar-refractivity contribution >= 4 is 34.8 Å². The molecule has 1 saturated heterocycles. The third-order valence-corrected chi connectivity index (χ3v) is 4.62. The summed E-state index contributed by atoms with van der Waals surface area (Å²) in [6.45, 7) is 1.65. The molecule has 0 aromatic heterocycles. The Balaban J connectivity index is 1.73. The molecule has 0 saturated carbocycles. The van der Waals surface area contributed by atoms with Gasteiger partial charge in [0.1, 0.15) is 11.5 Å². The number of amides is 3. The fraction of sp³-hybridized carbons (Fsp3) is 0.286. The first-order valence-electron chi connectivity index (χ1n) is 9.12. The highest BCUT2D eigenvalue weighted by Gasteiger charge is 2.36. The van der Waals surface area contributed by atoms with Crippen molar-refractivity contribution in [2.45, 2.75) is 13.3 Å². The number of nitrogens with one attached hydrogen (secondary N) is 2. The van der Waals surface area contributed by atoms with Gasteiger partial charge in [-0.2, -0.15) is 0 Å². The number of methoxy groups -OCH3 is 2. The summed E-state index contributed by atoms with van der Waals surface area (Å²) in [4.78, 5) is 38.0. The number of hydrogen-bond donors (Lipinski definition) is 2. The maximum Gasteiger partial charge on any atom is 0.229 e. The van der Waals surface area contributed by atoms with Crippen molar-refractivity contribution in [2.24, 2.45) is 5.92 Å². The molecule has 0 radical (unpaired) electrons. The monoisotopic (exact) mass is 397 g/mol. The van der Waals surface area contributed by atoms with Crippen molar-refractivity contribution in [3.63, 3.8) is 0 Å². The second kappa shape index (κ2) is 8.64. The Hall–Kier alpha value is -3.55. The molecular formula is C21H23N3O5. The second-order valence-corrected chi connectivity index (χ2v) is 6.69. The Morgan fingerprint density at radius 2 is 1.76 bits per heavy atom. The molecule has 1 unspecified atom stereocenters. The highest BCUT2D eigenvalue weighted by molar-refractivity contribution is 6.04. The van der Waals surface area contributed by atoms with Crippen LogP contribution in [-0.2, 0) is 14.4 Å². The van der Waals surface area contributed by atoms with E-state index in [1.54, 1.807) is 54.5 Å². The van der Waals surface area contributed by atoms with Crippen LogP contribution in [0, 0.1) is 5.92 Å². The molecular weight excluding hydrogens is 374 g/mol. The number of benzene rings is 2. The lowest BCUT2D eigenvalue weighted by molar-refractivity contribution is -0.122. The van der Waals surface area contributed by atoms with Gasteiger partial charge in [-0.3, -0.25) is 14.4 Å². The normalized spacial score (nSPS) is 15.8. The average Bonchev–Trinajstić information content (AvgIpc) is 3.09. The molecule has 1 atom stereocenters. The van der Waals surface area contributed by atoms with Gasteiger partial charge in [0.15, 0.2) is 0 Å². The van der Waals surface area contributed by atoms with Crippen molar-refractivity contribution in [3.8, 4) is 11.5 Å². The van der Waals surface area contributed by atoms with E-state index in [0.29, 0.717) is 28.6 Å². The second-order valence-electron chi connectivity index (χ2n) is 6.69. The molecule has 1 aliphatic heterocycles. The summed E-state index contributed by atoms with van der Waals surface area (Å²) >= 11 is 0. The number of nitrogens with zero attached hydrogens (tertiary/aromatic N) is 1. The highest BCUT2D eigenvalue weighted by atomic mass is 16.5. The molecule has 2 aromatic rings. The van der Waals surface area contributed by atoms with Crippen molar-refractivity contribution in [2.75, 3.05) is 36.3 Å². The molecule has 3 amide bonds. The van der Waals surface area contributed by atoms with Gasteiger partial charge in [-0.1, -0.05) is 6.07 Å². The first-order valence-corrected chi connectivity index (χ1v) is 9.12. The maximum atomic E-state index is 12.7. The van der Waals surface area contributed by atoms with E-state index in [1.807, 2.05) is 0 Å². The zero-order valence-corrected chi connectivity index (χ0v) is 16.5. The molecule has 3 rings (SSSR count). The predicted molar refractivity (Wildman–Crippen MR) is 109 cm³/mol. The topological polar surface area (TPSA) is 97.0 Å². The van der Waals surface area contributed by atoms with Crippen LogP contribution in [0.1, 0.15) is 13.3 Å². The quantitative estimate of drug-likeness (QED) is 0.781. The third kappa shape index (κ3) is 4.66. The van der Waals surface area contributed by atoms with Crippen LogP contribution in [0.4, 0.5) is 17.1 Å². The maximum absolute atomic E-state index is 12.7. The number of ether oxygens (including phenoxy) is 2. The van der Waals surface area contributed by atoms with Crippen LogP contribution in [0.15, 0.2) is 42.5 Å². The van der Waals surface area contributed by atoms with Crippen LogP contribution in [0.5, 0.6) is 11.5 Å². The fourth-order valence-corrected chi connectivity index (χ4v) is 3.25. The van der Waals surface area contributed by atoms with E-state index < -0.39 is 5.92 Å². The first-order chi connectivity index (χ1) is 13.9. The van der Waals surface area contributed by atoms with Gasteiger partial charge in [-0.15, -0.1) is 0 Å². The number of hydrogen-bond acceptors (Lipinski definition) is 5. The summed E-state index contributed by atoms with van der Waals surface area (Å²) < 4.78 is 10.6. The van der Waals surface area contributed by atoms with E-state index in [2.05, 4.69) is 10.6 Å². The van der Waals surface area contributed by atoms with E-state index >= 15 is 0 Å². The zero-order chi connectivity index (χ0) is 21.0. The average molecular weight is 397 g/mol. The van der Waals surface area contributed by atoms with Crippen LogP contribution in [0.3, 0.4) is 0 Å². The first kappa shape index (κ1) is 20.2. The van der Waals surface area contributed by atoms with Crippen molar-refractivity contribution in [1.82, 2.24) is 0 Å². The van der Waals surface area contributed by atoms with Crippen LogP contribution in [0.25, 0.3) is 0 Å². The minimum absolute atomic E-state index is 0.0948. The molecule has 8 heteroatoms. The van der Waals surface area contributed by atoms with E-state index in [9.17, 15) is 14.4 Å². The fourth-order valence-electron chi connectivity index (χ4n) is 3.25. The number of rotatable bonds is 6. The Bertz CT molecular complexity index is 944. The lowest BCUT2D eigenvalue weighted by atomic mass is 10.1. The summed E-state index contributed by atoms with van der Waals surface area (Å²) in [6, 6.07) is 12.0. The van der Waals surface area contributed by atoms with E-state index in [-0.39, 0.29) is 30.7 Å². The molecule has 0 aliphatic carbocycles. The van der Waals surface area contributed by atoms with Gasteiger partial charge in [-0.05, 0) is 30.3 Å². The molecule has 1 aliphatic rings. The molecule has 2 aromatic carbocycles. The van der Waals surface area contributed by atoms with Gasteiger partial charge < -0.3 is 25.0 Å². The summed E-state index contributed by atoms with van der Waals surface area (Å²) in [5.74, 6) is -0.00790. The third-order valence-electron chi connectivity index (χ3n) is 4.62. The van der Waals surface area contributed by atoms with Crippen LogP contribution in [-0.4, -0.2) is 38.5 Å². The van der Waals surface area contributed by atoms with Gasteiger partial charge in [0.2, 0.25) is 17.7 Å². The molecule has 29 heavy (non-hydrogen) atoms. The van der Waals surface area contributed by atoms with Gasteiger partial charge >= 0.3 is 0 Å².